The van der Waals surface area contributed by atoms with Crippen LogP contribution in [0.3, 0.4) is 0 Å². The molecule has 192 valence electrons. The van der Waals surface area contributed by atoms with Gasteiger partial charge in [0.2, 0.25) is 5.91 Å². The number of amides is 1. The van der Waals surface area contributed by atoms with E-state index in [1.54, 1.807) is 43.3 Å². The molecule has 0 saturated heterocycles. The SMILES string of the molecule is COc1ccc(S(=O)(=O)N(CC(=O)NC(C)c2ccc(S(C)(=O)=O)cc2)c2ccc(C)cc2)cc1Br. The number of carbonyl (C=O) groups excluding carboxylic acids is 1. The smallest absolute Gasteiger partial charge is 0.264 e. The lowest BCUT2D eigenvalue weighted by Crippen LogP contribution is -2.41. The van der Waals surface area contributed by atoms with Gasteiger partial charge in [-0.05, 0) is 77.8 Å². The first-order valence-corrected chi connectivity index (χ1v) is 15.0. The van der Waals surface area contributed by atoms with Crippen molar-refractivity contribution in [2.24, 2.45) is 0 Å². The third-order valence-corrected chi connectivity index (χ3v) is 9.02. The van der Waals surface area contributed by atoms with E-state index in [1.165, 1.54) is 37.4 Å². The van der Waals surface area contributed by atoms with E-state index in [9.17, 15) is 21.6 Å². The standard InChI is InChI=1S/C25H27BrN2O6S2/c1-17-5-9-20(10-6-17)28(36(32,33)22-13-14-24(34-3)23(26)15-22)16-25(29)27-18(2)19-7-11-21(12-8-19)35(4,30)31/h5-15,18H,16H2,1-4H3,(H,27,29). The molecule has 1 amide bonds. The van der Waals surface area contributed by atoms with E-state index in [2.05, 4.69) is 21.2 Å². The third kappa shape index (κ3) is 6.45. The van der Waals surface area contributed by atoms with Crippen LogP contribution in [0.2, 0.25) is 0 Å². The highest BCUT2D eigenvalue weighted by Crippen LogP contribution is 2.31. The molecule has 0 aromatic heterocycles. The molecule has 0 aliphatic carbocycles. The van der Waals surface area contributed by atoms with Crippen LogP contribution in [0.5, 0.6) is 5.75 Å². The maximum atomic E-state index is 13.6. The summed E-state index contributed by atoms with van der Waals surface area (Å²) in [5.74, 6) is -0.0456. The van der Waals surface area contributed by atoms with E-state index in [0.29, 0.717) is 21.5 Å². The number of carbonyl (C=O) groups is 1. The topological polar surface area (TPSA) is 110 Å². The molecule has 0 saturated carbocycles. The molecule has 0 heterocycles. The quantitative estimate of drug-likeness (QED) is 0.397. The largest absolute Gasteiger partial charge is 0.496 e. The number of anilines is 1. The van der Waals surface area contributed by atoms with Gasteiger partial charge in [0, 0.05) is 6.26 Å². The fourth-order valence-electron chi connectivity index (χ4n) is 3.47. The zero-order valence-corrected chi connectivity index (χ0v) is 23.4. The van der Waals surface area contributed by atoms with E-state index < -0.39 is 38.4 Å². The zero-order chi connectivity index (χ0) is 26.7. The van der Waals surface area contributed by atoms with E-state index in [0.717, 1.165) is 16.1 Å². The first-order chi connectivity index (χ1) is 16.8. The van der Waals surface area contributed by atoms with Gasteiger partial charge >= 0.3 is 0 Å². The summed E-state index contributed by atoms with van der Waals surface area (Å²) >= 11 is 3.32. The number of nitrogens with one attached hydrogen (secondary N) is 1. The van der Waals surface area contributed by atoms with Crippen LogP contribution in [0, 0.1) is 6.92 Å². The van der Waals surface area contributed by atoms with Crippen molar-refractivity contribution in [2.45, 2.75) is 29.7 Å². The van der Waals surface area contributed by atoms with Crippen LogP contribution in [0.15, 0.2) is 81.0 Å². The molecular formula is C25H27BrN2O6S2. The molecule has 1 atom stereocenters. The lowest BCUT2D eigenvalue weighted by molar-refractivity contribution is -0.120. The van der Waals surface area contributed by atoms with Gasteiger partial charge in [-0.15, -0.1) is 0 Å². The number of sulfonamides is 1. The van der Waals surface area contributed by atoms with Crippen molar-refractivity contribution >= 4 is 47.4 Å². The Kier molecular flexibility index (Phi) is 8.48. The Hall–Kier alpha value is -2.89. The Balaban J connectivity index is 1.88. The average molecular weight is 596 g/mol. The molecule has 11 heteroatoms. The number of methoxy groups -OCH3 is 1. The maximum Gasteiger partial charge on any atom is 0.264 e. The summed E-state index contributed by atoms with van der Waals surface area (Å²) in [5.41, 5.74) is 1.96. The highest BCUT2D eigenvalue weighted by atomic mass is 79.9. The highest BCUT2D eigenvalue weighted by molar-refractivity contribution is 9.10. The van der Waals surface area contributed by atoms with Gasteiger partial charge in [-0.1, -0.05) is 29.8 Å². The number of benzene rings is 3. The summed E-state index contributed by atoms with van der Waals surface area (Å²) in [6, 6.07) is 16.9. The number of hydrogen-bond donors (Lipinski definition) is 1. The Morgan fingerprint density at radius 3 is 2.08 bits per heavy atom. The minimum Gasteiger partial charge on any atom is -0.496 e. The molecule has 3 aromatic carbocycles. The first-order valence-electron chi connectivity index (χ1n) is 10.9. The normalized spacial score (nSPS) is 12.6. The number of rotatable bonds is 9. The molecule has 3 rings (SSSR count). The number of aryl methyl sites for hydroxylation is 1. The van der Waals surface area contributed by atoms with E-state index >= 15 is 0 Å². The van der Waals surface area contributed by atoms with Gasteiger partial charge in [-0.3, -0.25) is 9.10 Å². The molecule has 0 bridgehead atoms. The van der Waals surface area contributed by atoms with Gasteiger partial charge in [0.1, 0.15) is 12.3 Å². The molecule has 8 nitrogen and oxygen atoms in total. The van der Waals surface area contributed by atoms with Gasteiger partial charge in [0.15, 0.2) is 9.84 Å². The second kappa shape index (κ2) is 11.0. The molecule has 0 spiro atoms. The number of nitrogens with zero attached hydrogens (tertiary/aromatic N) is 1. The number of sulfone groups is 1. The van der Waals surface area contributed by atoms with Gasteiger partial charge in [-0.25, -0.2) is 16.8 Å². The summed E-state index contributed by atoms with van der Waals surface area (Å²) in [5, 5.41) is 2.80. The van der Waals surface area contributed by atoms with Crippen LogP contribution < -0.4 is 14.4 Å². The summed E-state index contributed by atoms with van der Waals surface area (Å²) in [7, 11) is -5.97. The van der Waals surface area contributed by atoms with Crippen LogP contribution in [0.25, 0.3) is 0 Å². The van der Waals surface area contributed by atoms with Crippen molar-refractivity contribution in [1.29, 1.82) is 0 Å². The second-order valence-corrected chi connectivity index (χ2v) is 13.0. The van der Waals surface area contributed by atoms with E-state index in [1.807, 2.05) is 6.92 Å². The van der Waals surface area contributed by atoms with Crippen molar-refractivity contribution in [3.8, 4) is 5.75 Å². The van der Waals surface area contributed by atoms with Crippen molar-refractivity contribution in [3.05, 3.63) is 82.3 Å². The van der Waals surface area contributed by atoms with Crippen molar-refractivity contribution in [1.82, 2.24) is 5.32 Å². The summed E-state index contributed by atoms with van der Waals surface area (Å²) in [6.45, 7) is 3.16. The summed E-state index contributed by atoms with van der Waals surface area (Å²) < 4.78 is 57.3. The fraction of sp³-hybridized carbons (Fsp3) is 0.240. The van der Waals surface area contributed by atoms with E-state index in [-0.39, 0.29) is 9.79 Å². The second-order valence-electron chi connectivity index (χ2n) is 8.27. The van der Waals surface area contributed by atoms with Crippen LogP contribution in [0.1, 0.15) is 24.1 Å². The van der Waals surface area contributed by atoms with Gasteiger partial charge in [0.25, 0.3) is 10.0 Å². The number of halogens is 1. The summed E-state index contributed by atoms with van der Waals surface area (Å²) in [4.78, 5) is 13.2. The molecule has 0 aliphatic heterocycles. The van der Waals surface area contributed by atoms with Crippen LogP contribution in [-0.4, -0.2) is 42.7 Å². The number of hydrogen-bond acceptors (Lipinski definition) is 6. The molecule has 3 aromatic rings. The van der Waals surface area contributed by atoms with E-state index in [4.69, 9.17) is 4.74 Å². The third-order valence-electron chi connectivity index (χ3n) is 5.51. The van der Waals surface area contributed by atoms with Crippen LogP contribution >= 0.6 is 15.9 Å². The van der Waals surface area contributed by atoms with Gasteiger partial charge < -0.3 is 10.1 Å². The fourth-order valence-corrected chi connectivity index (χ4v) is 6.24. The minimum atomic E-state index is -4.11. The van der Waals surface area contributed by atoms with Crippen molar-refractivity contribution in [2.75, 3.05) is 24.2 Å². The van der Waals surface area contributed by atoms with Crippen molar-refractivity contribution < 1.29 is 26.4 Å². The summed E-state index contributed by atoms with van der Waals surface area (Å²) in [6.07, 6.45) is 1.12. The average Bonchev–Trinajstić information content (AvgIpc) is 2.82. The highest BCUT2D eigenvalue weighted by Gasteiger charge is 2.28. The Bertz CT molecular complexity index is 1460. The molecular weight excluding hydrogens is 568 g/mol. The molecule has 36 heavy (non-hydrogen) atoms. The monoisotopic (exact) mass is 594 g/mol. The van der Waals surface area contributed by atoms with Gasteiger partial charge in [0.05, 0.1) is 33.1 Å². The lowest BCUT2D eigenvalue weighted by atomic mass is 10.1. The van der Waals surface area contributed by atoms with Crippen LogP contribution in [0.4, 0.5) is 5.69 Å². The van der Waals surface area contributed by atoms with Gasteiger partial charge in [-0.2, -0.15) is 0 Å². The van der Waals surface area contributed by atoms with Crippen LogP contribution in [-0.2, 0) is 24.7 Å². The molecule has 1 unspecified atom stereocenters. The van der Waals surface area contributed by atoms with Crippen molar-refractivity contribution in [3.63, 3.8) is 0 Å². The predicted molar refractivity (Wildman–Crippen MR) is 143 cm³/mol. The Morgan fingerprint density at radius 2 is 1.56 bits per heavy atom. The number of ether oxygens (including phenoxy) is 1. The molecule has 0 aliphatic rings. The Morgan fingerprint density at radius 1 is 0.972 bits per heavy atom. The minimum absolute atomic E-state index is 0.00652. The Labute approximate surface area is 220 Å². The maximum absolute atomic E-state index is 13.6. The molecule has 0 radical (unpaired) electrons. The molecule has 1 N–H and O–H groups in total. The lowest BCUT2D eigenvalue weighted by Gasteiger charge is -2.25. The molecule has 0 fully saturated rings. The predicted octanol–water partition coefficient (Wildman–Crippen LogP) is 4.24. The zero-order valence-electron chi connectivity index (χ0n) is 20.2. The first kappa shape index (κ1) is 27.7.